The summed E-state index contributed by atoms with van der Waals surface area (Å²) in [5.74, 6) is -27.0. The van der Waals surface area contributed by atoms with Crippen LogP contribution in [0.15, 0.2) is 48.5 Å². The number of amides is 2. The van der Waals surface area contributed by atoms with Crippen LogP contribution in [0, 0.1) is 46.5 Å². The molecule has 4 aromatic carbocycles. The lowest BCUT2D eigenvalue weighted by Crippen LogP contribution is -2.27. The van der Waals surface area contributed by atoms with Crippen LogP contribution in [0.4, 0.5) is 71.1 Å². The number of phenols is 1. The number of carbonyl (C=O) groups excluding carboxylic acids is 3. The minimum atomic E-state index is -4.83. The van der Waals surface area contributed by atoms with E-state index in [2.05, 4.69) is 14.2 Å². The summed E-state index contributed by atoms with van der Waals surface area (Å²) < 4.78 is 194. The minimum absolute atomic E-state index is 0.0281. The van der Waals surface area contributed by atoms with Crippen LogP contribution in [-0.2, 0) is 12.4 Å². The average molecular weight is 869 g/mol. The molecule has 11 nitrogen and oxygen atoms in total. The van der Waals surface area contributed by atoms with Crippen LogP contribution in [0.3, 0.4) is 0 Å². The summed E-state index contributed by atoms with van der Waals surface area (Å²) in [4.78, 5) is 44.3. The van der Waals surface area contributed by atoms with Crippen molar-refractivity contribution in [3.05, 3.63) is 117 Å². The third-order valence-corrected chi connectivity index (χ3v) is 6.47. The second kappa shape index (κ2) is 20.0. The van der Waals surface area contributed by atoms with Crippen LogP contribution < -0.4 is 24.8 Å². The maximum atomic E-state index is 14.0. The Labute approximate surface area is 319 Å². The number of rotatable bonds is 7. The van der Waals surface area contributed by atoms with Gasteiger partial charge in [0.2, 0.25) is 63.8 Å². The largest absolute Gasteiger partial charge is 0.503 e. The molecule has 0 aromatic heterocycles. The first-order chi connectivity index (χ1) is 27.3. The first-order valence-corrected chi connectivity index (χ1v) is 15.4. The Morgan fingerprint density at radius 2 is 0.864 bits per heavy atom. The van der Waals surface area contributed by atoms with E-state index in [-0.39, 0.29) is 18.7 Å². The molecule has 0 fully saturated rings. The normalized spacial score (nSPS) is 10.9. The van der Waals surface area contributed by atoms with Crippen molar-refractivity contribution in [2.45, 2.75) is 26.2 Å². The van der Waals surface area contributed by atoms with Crippen molar-refractivity contribution in [3.63, 3.8) is 0 Å². The lowest BCUT2D eigenvalue weighted by atomic mass is 10.1. The highest BCUT2D eigenvalue weighted by Crippen LogP contribution is 2.36. The second-order valence-electron chi connectivity index (χ2n) is 10.5. The third-order valence-electron chi connectivity index (χ3n) is 6.47. The number of aromatic carboxylic acids is 1. The number of carboxylic acid groups (broad SMARTS) is 1. The number of alkyl halides is 6. The van der Waals surface area contributed by atoms with E-state index in [1.54, 1.807) is 0 Å². The highest BCUT2D eigenvalue weighted by molar-refractivity contribution is 5.91. The lowest BCUT2D eigenvalue weighted by molar-refractivity contribution is -0.138. The van der Waals surface area contributed by atoms with Crippen LogP contribution in [0.5, 0.6) is 23.0 Å². The lowest BCUT2D eigenvalue weighted by Gasteiger charge is -2.13. The van der Waals surface area contributed by atoms with Gasteiger partial charge in [0.05, 0.1) is 22.3 Å². The quantitative estimate of drug-likeness (QED) is 0.0615. The Bertz CT molecular complexity index is 2160. The van der Waals surface area contributed by atoms with Crippen LogP contribution in [0.25, 0.3) is 0 Å². The first kappa shape index (κ1) is 48.3. The maximum absolute atomic E-state index is 14.0. The molecule has 25 heteroatoms. The Hall–Kier alpha value is -6.82. The summed E-state index contributed by atoms with van der Waals surface area (Å²) in [6.07, 6.45) is -12.0. The summed E-state index contributed by atoms with van der Waals surface area (Å²) >= 11 is 0. The van der Waals surface area contributed by atoms with Crippen molar-refractivity contribution in [2.24, 2.45) is 0 Å². The summed E-state index contributed by atoms with van der Waals surface area (Å²) in [7, 11) is 0. The molecule has 2 amide bonds. The second-order valence-corrected chi connectivity index (χ2v) is 10.5. The SMILES string of the molecule is CCNC(=O)Oc1c(F)c(F)c(O)c(F)c1F.CCNC(=O)Oc1c(F)c(F)c(OC(=O)c2cccc(C(F)(F)F)c2)c(F)c1F.O=C(O)c1cccc(C(F)(F)F)c1. The summed E-state index contributed by atoms with van der Waals surface area (Å²) in [5.41, 5.74) is -3.37. The molecule has 0 aliphatic rings. The van der Waals surface area contributed by atoms with Gasteiger partial charge in [0, 0.05) is 13.1 Å². The predicted molar refractivity (Wildman–Crippen MR) is 168 cm³/mol. The zero-order valence-electron chi connectivity index (χ0n) is 29.1. The van der Waals surface area contributed by atoms with E-state index in [9.17, 15) is 80.6 Å². The molecule has 0 radical (unpaired) electrons. The molecule has 4 rings (SSSR count). The van der Waals surface area contributed by atoms with Gasteiger partial charge in [-0.1, -0.05) is 12.1 Å². The molecule has 0 aliphatic heterocycles. The fraction of sp³-hybridized carbons (Fsp3) is 0.176. The molecule has 4 aromatic rings. The monoisotopic (exact) mass is 868 g/mol. The van der Waals surface area contributed by atoms with Crippen molar-refractivity contribution < 1.29 is 105 Å². The molecule has 0 heterocycles. The van der Waals surface area contributed by atoms with Gasteiger partial charge in [-0.05, 0) is 50.2 Å². The zero-order valence-corrected chi connectivity index (χ0v) is 29.1. The van der Waals surface area contributed by atoms with Gasteiger partial charge < -0.3 is 35.1 Å². The van der Waals surface area contributed by atoms with Gasteiger partial charge >= 0.3 is 36.5 Å². The number of benzene rings is 4. The van der Waals surface area contributed by atoms with Crippen molar-refractivity contribution in [2.75, 3.05) is 13.1 Å². The van der Waals surface area contributed by atoms with Gasteiger partial charge in [-0.15, -0.1) is 0 Å². The molecule has 0 saturated heterocycles. The number of ether oxygens (including phenoxy) is 3. The highest BCUT2D eigenvalue weighted by atomic mass is 19.4. The first-order valence-electron chi connectivity index (χ1n) is 15.4. The number of carboxylic acids is 1. The smallest absolute Gasteiger partial charge is 0.416 e. The Balaban J connectivity index is 0.000000337. The van der Waals surface area contributed by atoms with Gasteiger partial charge in [-0.2, -0.15) is 61.5 Å². The molecule has 320 valence electrons. The number of aromatic hydroxyl groups is 1. The maximum Gasteiger partial charge on any atom is 0.416 e. The molecular formula is C34H22F14N2O9. The Kier molecular flexibility index (Phi) is 16.4. The van der Waals surface area contributed by atoms with Crippen LogP contribution in [-0.4, -0.2) is 47.4 Å². The van der Waals surface area contributed by atoms with Gasteiger partial charge in [0.15, 0.2) is 5.75 Å². The van der Waals surface area contributed by atoms with Gasteiger partial charge in [0.1, 0.15) is 0 Å². The predicted octanol–water partition coefficient (Wildman–Crippen LogP) is 9.05. The van der Waals surface area contributed by atoms with Crippen LogP contribution >= 0.6 is 0 Å². The van der Waals surface area contributed by atoms with E-state index in [1.807, 2.05) is 10.6 Å². The zero-order chi connectivity index (χ0) is 45.2. The molecule has 0 spiro atoms. The number of hydrogen-bond acceptors (Lipinski definition) is 8. The highest BCUT2D eigenvalue weighted by Gasteiger charge is 2.34. The fourth-order valence-electron chi connectivity index (χ4n) is 3.81. The van der Waals surface area contributed by atoms with Crippen LogP contribution in [0.2, 0.25) is 0 Å². The van der Waals surface area contributed by atoms with Gasteiger partial charge in [0.25, 0.3) is 0 Å². The van der Waals surface area contributed by atoms with E-state index < -0.39 is 123 Å². The molecule has 4 N–H and O–H groups in total. The van der Waals surface area contributed by atoms with Gasteiger partial charge in [-0.25, -0.2) is 19.2 Å². The average Bonchev–Trinajstić information content (AvgIpc) is 3.17. The topological polar surface area (TPSA) is 160 Å². The number of hydrogen-bond donors (Lipinski definition) is 4. The standard InChI is InChI=1S/C17H10F7NO4.C9H7F4NO3.C8H5F3O2/c1-2-25-16(27)29-14-11(20)9(18)13(10(19)12(14)21)28-15(26)7-4-3-5-8(6-7)17(22,23)24;1-2-14-9(16)17-8-5(12)3(10)7(15)4(11)6(8)13;9-8(10,11)6-3-1-2-5(4-6)7(12)13/h3-6H,2H2,1H3,(H,25,27);15H,2H2,1H3,(H,14,16);1-4H,(H,12,13). The number of nitrogens with one attached hydrogen (secondary N) is 2. The molecule has 59 heavy (non-hydrogen) atoms. The number of phenolic OH excluding ortho intramolecular Hbond substituents is 1. The van der Waals surface area contributed by atoms with E-state index in [0.717, 1.165) is 30.3 Å². The van der Waals surface area contributed by atoms with Crippen molar-refractivity contribution >= 4 is 24.1 Å². The van der Waals surface area contributed by atoms with Crippen molar-refractivity contribution in [3.8, 4) is 23.0 Å². The summed E-state index contributed by atoms with van der Waals surface area (Å²) in [6.45, 7) is 2.97. The molecule has 0 saturated carbocycles. The van der Waals surface area contributed by atoms with Crippen LogP contribution in [0.1, 0.15) is 45.7 Å². The van der Waals surface area contributed by atoms with E-state index >= 15 is 0 Å². The number of esters is 1. The van der Waals surface area contributed by atoms with Gasteiger partial charge in [-0.3, -0.25) is 0 Å². The molecule has 0 bridgehead atoms. The number of halogens is 14. The molecule has 0 aliphatic carbocycles. The van der Waals surface area contributed by atoms with E-state index in [1.165, 1.54) is 13.8 Å². The van der Waals surface area contributed by atoms with E-state index in [4.69, 9.17) is 10.2 Å². The third kappa shape index (κ3) is 12.6. The Morgan fingerprint density at radius 1 is 0.542 bits per heavy atom. The van der Waals surface area contributed by atoms with E-state index in [0.29, 0.717) is 18.2 Å². The fourth-order valence-corrected chi connectivity index (χ4v) is 3.81. The molecule has 0 unspecified atom stereocenters. The van der Waals surface area contributed by atoms with Crippen molar-refractivity contribution in [1.29, 1.82) is 0 Å². The summed E-state index contributed by atoms with van der Waals surface area (Å²) in [5, 5.41) is 21.0. The van der Waals surface area contributed by atoms with Crippen molar-refractivity contribution in [1.82, 2.24) is 10.6 Å². The molecular weight excluding hydrogens is 846 g/mol. The summed E-state index contributed by atoms with van der Waals surface area (Å²) in [6, 6.07) is 6.17. The minimum Gasteiger partial charge on any atom is -0.503 e. The molecule has 0 atom stereocenters. The number of carbonyl (C=O) groups is 4. The Morgan fingerprint density at radius 3 is 1.20 bits per heavy atom.